The van der Waals surface area contributed by atoms with E-state index in [9.17, 15) is 9.18 Å². The lowest BCUT2D eigenvalue weighted by Gasteiger charge is -2.18. The number of amides is 1. The van der Waals surface area contributed by atoms with Crippen LogP contribution in [0.25, 0.3) is 0 Å². The Bertz CT molecular complexity index is 648. The van der Waals surface area contributed by atoms with Crippen molar-refractivity contribution < 1.29 is 9.18 Å². The van der Waals surface area contributed by atoms with Crippen molar-refractivity contribution in [2.45, 2.75) is 6.54 Å². The van der Waals surface area contributed by atoms with E-state index < -0.39 is 5.82 Å². The standard InChI is InChI=1S/C15H12BrClFNO/c1-19(9-10-3-2-4-11(17)7-10)15(20)13-8-12(18)5-6-14(13)16/h2-8H,9H2,1H3. The minimum absolute atomic E-state index is 0.253. The van der Waals surface area contributed by atoms with Crippen molar-refractivity contribution in [1.29, 1.82) is 0 Å². The Kier molecular flexibility index (Phi) is 4.78. The van der Waals surface area contributed by atoms with Crippen LogP contribution in [0.15, 0.2) is 46.9 Å². The van der Waals surface area contributed by atoms with Crippen LogP contribution in [0.3, 0.4) is 0 Å². The van der Waals surface area contributed by atoms with Gasteiger partial charge in [0.15, 0.2) is 0 Å². The van der Waals surface area contributed by atoms with Crippen molar-refractivity contribution in [3.8, 4) is 0 Å². The Balaban J connectivity index is 2.18. The molecule has 104 valence electrons. The van der Waals surface area contributed by atoms with Crippen molar-refractivity contribution in [3.05, 3.63) is 68.9 Å². The summed E-state index contributed by atoms with van der Waals surface area (Å²) in [5.41, 5.74) is 1.22. The summed E-state index contributed by atoms with van der Waals surface area (Å²) in [6.45, 7) is 0.405. The number of benzene rings is 2. The van der Waals surface area contributed by atoms with Gasteiger partial charge in [-0.25, -0.2) is 4.39 Å². The van der Waals surface area contributed by atoms with Gasteiger partial charge in [-0.1, -0.05) is 23.7 Å². The molecule has 0 spiro atoms. The van der Waals surface area contributed by atoms with Gasteiger partial charge in [-0.2, -0.15) is 0 Å². The summed E-state index contributed by atoms with van der Waals surface area (Å²) in [7, 11) is 1.67. The Labute approximate surface area is 130 Å². The molecular formula is C15H12BrClFNO. The third-order valence-electron chi connectivity index (χ3n) is 2.81. The molecule has 0 atom stereocenters. The molecule has 0 unspecified atom stereocenters. The van der Waals surface area contributed by atoms with Crippen molar-refractivity contribution in [3.63, 3.8) is 0 Å². The Morgan fingerprint density at radius 1 is 1.30 bits per heavy atom. The van der Waals surface area contributed by atoms with E-state index in [0.29, 0.717) is 21.6 Å². The lowest BCUT2D eigenvalue weighted by Crippen LogP contribution is -2.26. The van der Waals surface area contributed by atoms with Gasteiger partial charge in [0.2, 0.25) is 0 Å². The Morgan fingerprint density at radius 2 is 2.05 bits per heavy atom. The summed E-state index contributed by atoms with van der Waals surface area (Å²) < 4.78 is 13.8. The molecule has 0 aliphatic heterocycles. The first kappa shape index (κ1) is 15.0. The summed E-state index contributed by atoms with van der Waals surface area (Å²) in [5.74, 6) is -0.691. The predicted molar refractivity (Wildman–Crippen MR) is 81.3 cm³/mol. The largest absolute Gasteiger partial charge is 0.337 e. The second kappa shape index (κ2) is 6.37. The van der Waals surface area contributed by atoms with Crippen LogP contribution in [0.5, 0.6) is 0 Å². The van der Waals surface area contributed by atoms with E-state index in [4.69, 9.17) is 11.6 Å². The molecule has 5 heteroatoms. The van der Waals surface area contributed by atoms with E-state index in [1.165, 1.54) is 23.1 Å². The number of hydrogen-bond acceptors (Lipinski definition) is 1. The van der Waals surface area contributed by atoms with Crippen LogP contribution in [0, 0.1) is 5.82 Å². The summed E-state index contributed by atoms with van der Waals surface area (Å²) in [4.78, 5) is 13.8. The minimum atomic E-state index is -0.437. The molecule has 2 nitrogen and oxygen atoms in total. The van der Waals surface area contributed by atoms with Crippen LogP contribution in [-0.2, 0) is 6.54 Å². The fraction of sp³-hybridized carbons (Fsp3) is 0.133. The molecule has 2 aromatic rings. The number of hydrogen-bond donors (Lipinski definition) is 0. The molecule has 1 amide bonds. The monoisotopic (exact) mass is 355 g/mol. The summed E-state index contributed by atoms with van der Waals surface area (Å²) in [5, 5.41) is 0.621. The number of carbonyl (C=O) groups excluding carboxylic acids is 1. The molecule has 0 bridgehead atoms. The zero-order chi connectivity index (χ0) is 14.7. The highest BCUT2D eigenvalue weighted by Crippen LogP contribution is 2.20. The van der Waals surface area contributed by atoms with Gasteiger partial charge in [-0.3, -0.25) is 4.79 Å². The average molecular weight is 357 g/mol. The molecule has 0 fully saturated rings. The van der Waals surface area contributed by atoms with Gasteiger partial charge in [-0.15, -0.1) is 0 Å². The number of nitrogens with zero attached hydrogens (tertiary/aromatic N) is 1. The van der Waals surface area contributed by atoms with Gasteiger partial charge >= 0.3 is 0 Å². The number of halogens is 3. The Morgan fingerprint density at radius 3 is 2.75 bits per heavy atom. The number of carbonyl (C=O) groups is 1. The van der Waals surface area contributed by atoms with Crippen molar-refractivity contribution in [2.75, 3.05) is 7.05 Å². The maximum Gasteiger partial charge on any atom is 0.255 e. The predicted octanol–water partition coefficient (Wildman–Crippen LogP) is 4.51. The zero-order valence-corrected chi connectivity index (χ0v) is 13.1. The van der Waals surface area contributed by atoms with Crippen LogP contribution in [0.2, 0.25) is 5.02 Å². The van der Waals surface area contributed by atoms with Crippen LogP contribution in [0.1, 0.15) is 15.9 Å². The van der Waals surface area contributed by atoms with Crippen LogP contribution in [0.4, 0.5) is 4.39 Å². The molecule has 20 heavy (non-hydrogen) atoms. The van der Waals surface area contributed by atoms with Gasteiger partial charge in [0.25, 0.3) is 5.91 Å². The second-order valence-electron chi connectivity index (χ2n) is 4.42. The van der Waals surface area contributed by atoms with Crippen LogP contribution < -0.4 is 0 Å². The van der Waals surface area contributed by atoms with E-state index in [1.807, 2.05) is 12.1 Å². The lowest BCUT2D eigenvalue weighted by atomic mass is 10.1. The smallest absolute Gasteiger partial charge is 0.255 e. The summed E-state index contributed by atoms with van der Waals surface area (Å²) in [6.07, 6.45) is 0. The van der Waals surface area contributed by atoms with E-state index in [2.05, 4.69) is 15.9 Å². The van der Waals surface area contributed by atoms with Gasteiger partial charge in [0.1, 0.15) is 5.82 Å². The van der Waals surface area contributed by atoms with Gasteiger partial charge < -0.3 is 4.90 Å². The maximum absolute atomic E-state index is 13.2. The first-order valence-electron chi connectivity index (χ1n) is 5.92. The van der Waals surface area contributed by atoms with Crippen LogP contribution >= 0.6 is 27.5 Å². The minimum Gasteiger partial charge on any atom is -0.337 e. The van der Waals surface area contributed by atoms with Gasteiger partial charge in [-0.05, 0) is 51.8 Å². The first-order chi connectivity index (χ1) is 9.47. The highest BCUT2D eigenvalue weighted by Gasteiger charge is 2.16. The quantitative estimate of drug-likeness (QED) is 0.792. The fourth-order valence-corrected chi connectivity index (χ4v) is 2.48. The molecule has 0 aromatic heterocycles. The fourth-order valence-electron chi connectivity index (χ4n) is 1.85. The molecule has 0 radical (unpaired) electrons. The summed E-state index contributed by atoms with van der Waals surface area (Å²) >= 11 is 9.17. The molecule has 0 saturated carbocycles. The third kappa shape index (κ3) is 3.58. The lowest BCUT2D eigenvalue weighted by molar-refractivity contribution is 0.0783. The first-order valence-corrected chi connectivity index (χ1v) is 7.09. The van der Waals surface area contributed by atoms with Crippen molar-refractivity contribution in [2.24, 2.45) is 0 Å². The highest BCUT2D eigenvalue weighted by atomic mass is 79.9. The topological polar surface area (TPSA) is 20.3 Å². The second-order valence-corrected chi connectivity index (χ2v) is 5.71. The van der Waals surface area contributed by atoms with E-state index in [0.717, 1.165) is 5.56 Å². The Hall–Kier alpha value is -1.39. The molecular weight excluding hydrogens is 345 g/mol. The van der Waals surface area contributed by atoms with Crippen molar-refractivity contribution in [1.82, 2.24) is 4.90 Å². The molecule has 0 N–H and O–H groups in total. The third-order valence-corrected chi connectivity index (χ3v) is 3.74. The molecule has 0 saturated heterocycles. The maximum atomic E-state index is 13.2. The zero-order valence-electron chi connectivity index (χ0n) is 10.7. The SMILES string of the molecule is CN(Cc1cccc(Cl)c1)C(=O)c1cc(F)ccc1Br. The van der Waals surface area contributed by atoms with E-state index in [-0.39, 0.29) is 5.91 Å². The normalized spacial score (nSPS) is 10.4. The van der Waals surface area contributed by atoms with Crippen LogP contribution in [-0.4, -0.2) is 17.9 Å². The average Bonchev–Trinajstić information content (AvgIpc) is 2.40. The highest BCUT2D eigenvalue weighted by molar-refractivity contribution is 9.10. The molecule has 0 aliphatic rings. The van der Waals surface area contributed by atoms with E-state index >= 15 is 0 Å². The molecule has 2 aromatic carbocycles. The molecule has 0 heterocycles. The van der Waals surface area contributed by atoms with E-state index in [1.54, 1.807) is 19.2 Å². The van der Waals surface area contributed by atoms with Gasteiger partial charge in [0.05, 0.1) is 5.56 Å². The molecule has 0 aliphatic carbocycles. The number of rotatable bonds is 3. The molecule has 2 rings (SSSR count). The van der Waals surface area contributed by atoms with Gasteiger partial charge in [0, 0.05) is 23.1 Å². The summed E-state index contributed by atoms with van der Waals surface area (Å²) in [6, 6.07) is 11.3. The van der Waals surface area contributed by atoms with Crippen molar-refractivity contribution >= 4 is 33.4 Å².